The fraction of sp³-hybridized carbons (Fsp3) is 0.167. The highest BCUT2D eigenvalue weighted by Crippen LogP contribution is 2.20. The van der Waals surface area contributed by atoms with Crippen molar-refractivity contribution in [3.05, 3.63) is 48.2 Å². The van der Waals surface area contributed by atoms with Crippen LogP contribution < -0.4 is 11.1 Å². The van der Waals surface area contributed by atoms with Gasteiger partial charge in [0.25, 0.3) is 0 Å². The Morgan fingerprint density at radius 1 is 1.25 bits per heavy atom. The number of nitrogens with two attached hydrogens (primary N) is 1. The molecule has 16 heavy (non-hydrogen) atoms. The number of nitrogens with one attached hydrogen (secondary N) is 1. The Hall–Kier alpha value is -1.97. The predicted octanol–water partition coefficient (Wildman–Crippen LogP) is 2.66. The number of hydrogen-bond donors (Lipinski definition) is 2. The van der Waals surface area contributed by atoms with E-state index >= 15 is 0 Å². The summed E-state index contributed by atoms with van der Waals surface area (Å²) in [6.07, 6.45) is 2.37. The number of rotatable bonds is 4. The summed E-state index contributed by atoms with van der Waals surface area (Å²) < 4.78 is 18.3. The zero-order valence-electron chi connectivity index (χ0n) is 8.74. The van der Waals surface area contributed by atoms with Crippen molar-refractivity contribution in [3.63, 3.8) is 0 Å². The van der Waals surface area contributed by atoms with Gasteiger partial charge in [-0.05, 0) is 24.3 Å². The number of hydrogen-bond acceptors (Lipinski definition) is 3. The Kier molecular flexibility index (Phi) is 3.10. The molecule has 0 saturated carbocycles. The Balaban J connectivity index is 1.92. The van der Waals surface area contributed by atoms with Crippen LogP contribution in [0.3, 0.4) is 0 Å². The number of furan rings is 1. The van der Waals surface area contributed by atoms with Crippen molar-refractivity contribution in [2.45, 2.75) is 6.42 Å². The first-order valence-corrected chi connectivity index (χ1v) is 5.07. The van der Waals surface area contributed by atoms with E-state index in [9.17, 15) is 4.39 Å². The van der Waals surface area contributed by atoms with Gasteiger partial charge in [-0.2, -0.15) is 0 Å². The molecule has 3 nitrogen and oxygen atoms in total. The van der Waals surface area contributed by atoms with Crippen LogP contribution >= 0.6 is 0 Å². The summed E-state index contributed by atoms with van der Waals surface area (Å²) in [6.45, 7) is 0.654. The van der Waals surface area contributed by atoms with E-state index in [1.807, 2.05) is 12.1 Å². The van der Waals surface area contributed by atoms with E-state index in [4.69, 9.17) is 10.2 Å². The first-order chi connectivity index (χ1) is 7.77. The summed E-state index contributed by atoms with van der Waals surface area (Å²) in [5.41, 5.74) is 6.35. The van der Waals surface area contributed by atoms with Crippen LogP contribution in [0.2, 0.25) is 0 Å². The van der Waals surface area contributed by atoms with E-state index in [1.165, 1.54) is 6.07 Å². The Bertz CT molecular complexity index is 454. The van der Waals surface area contributed by atoms with Crippen LogP contribution in [0.25, 0.3) is 0 Å². The van der Waals surface area contributed by atoms with Gasteiger partial charge in [0.15, 0.2) is 0 Å². The fourth-order valence-electron chi connectivity index (χ4n) is 1.47. The quantitative estimate of drug-likeness (QED) is 0.779. The van der Waals surface area contributed by atoms with E-state index < -0.39 is 5.82 Å². The van der Waals surface area contributed by atoms with Crippen molar-refractivity contribution in [1.29, 1.82) is 0 Å². The second kappa shape index (κ2) is 4.70. The monoisotopic (exact) mass is 220 g/mol. The van der Waals surface area contributed by atoms with Gasteiger partial charge in [-0.1, -0.05) is 6.07 Å². The van der Waals surface area contributed by atoms with Crippen molar-refractivity contribution in [2.24, 2.45) is 0 Å². The molecule has 0 bridgehead atoms. The maximum Gasteiger partial charge on any atom is 0.148 e. The third-order valence-electron chi connectivity index (χ3n) is 2.32. The summed E-state index contributed by atoms with van der Waals surface area (Å²) in [4.78, 5) is 0. The van der Waals surface area contributed by atoms with E-state index in [0.29, 0.717) is 12.2 Å². The second-order valence-corrected chi connectivity index (χ2v) is 3.46. The zero-order chi connectivity index (χ0) is 11.4. The molecule has 0 amide bonds. The smallest absolute Gasteiger partial charge is 0.148 e. The largest absolute Gasteiger partial charge is 0.469 e. The van der Waals surface area contributed by atoms with Crippen LogP contribution in [0.4, 0.5) is 15.8 Å². The van der Waals surface area contributed by atoms with Crippen LogP contribution in [-0.2, 0) is 6.42 Å². The molecule has 0 aliphatic heterocycles. The molecule has 0 fully saturated rings. The highest BCUT2D eigenvalue weighted by Gasteiger charge is 2.03. The lowest BCUT2D eigenvalue weighted by molar-refractivity contribution is 0.513. The van der Waals surface area contributed by atoms with E-state index in [1.54, 1.807) is 18.4 Å². The number of nitrogen functional groups attached to an aromatic ring is 1. The Labute approximate surface area is 93.1 Å². The maximum absolute atomic E-state index is 13.1. The van der Waals surface area contributed by atoms with Crippen molar-refractivity contribution in [1.82, 2.24) is 0 Å². The first-order valence-electron chi connectivity index (χ1n) is 5.07. The van der Waals surface area contributed by atoms with Crippen LogP contribution in [0.5, 0.6) is 0 Å². The van der Waals surface area contributed by atoms with Crippen LogP contribution in [0.1, 0.15) is 5.76 Å². The van der Waals surface area contributed by atoms with Crippen molar-refractivity contribution in [2.75, 3.05) is 17.6 Å². The molecule has 0 saturated heterocycles. The van der Waals surface area contributed by atoms with E-state index in [0.717, 1.165) is 12.2 Å². The van der Waals surface area contributed by atoms with Gasteiger partial charge in [-0.15, -0.1) is 0 Å². The number of benzene rings is 1. The highest BCUT2D eigenvalue weighted by atomic mass is 19.1. The average Bonchev–Trinajstić information content (AvgIpc) is 2.77. The third kappa shape index (κ3) is 2.34. The molecule has 2 aromatic rings. The van der Waals surface area contributed by atoms with Crippen molar-refractivity contribution >= 4 is 11.4 Å². The molecule has 4 heteroatoms. The lowest BCUT2D eigenvalue weighted by Gasteiger charge is -2.08. The molecular formula is C12H13FN2O. The maximum atomic E-state index is 13.1. The fourth-order valence-corrected chi connectivity index (χ4v) is 1.47. The molecule has 0 unspecified atom stereocenters. The molecule has 1 aromatic heterocycles. The first kappa shape index (κ1) is 10.5. The molecular weight excluding hydrogens is 207 g/mol. The molecule has 0 spiro atoms. The predicted molar refractivity (Wildman–Crippen MR) is 61.7 cm³/mol. The summed E-state index contributed by atoms with van der Waals surface area (Å²) in [5.74, 6) is 0.491. The average molecular weight is 220 g/mol. The van der Waals surface area contributed by atoms with Crippen molar-refractivity contribution < 1.29 is 8.81 Å². The third-order valence-corrected chi connectivity index (χ3v) is 2.32. The standard InChI is InChI=1S/C12H13FN2O/c13-10-4-1-5-11(12(10)14)15-7-6-9-3-2-8-16-9/h1-5,8,15H,6-7,14H2. The van der Waals surface area contributed by atoms with Gasteiger partial charge in [0.05, 0.1) is 17.6 Å². The van der Waals surface area contributed by atoms with Gasteiger partial charge >= 0.3 is 0 Å². The summed E-state index contributed by atoms with van der Waals surface area (Å²) >= 11 is 0. The molecule has 0 aliphatic rings. The summed E-state index contributed by atoms with van der Waals surface area (Å²) in [7, 11) is 0. The van der Waals surface area contributed by atoms with Crippen LogP contribution in [-0.4, -0.2) is 6.54 Å². The summed E-state index contributed by atoms with van der Waals surface area (Å²) in [6, 6.07) is 8.46. The SMILES string of the molecule is Nc1c(F)cccc1NCCc1ccco1. The Morgan fingerprint density at radius 3 is 2.88 bits per heavy atom. The minimum absolute atomic E-state index is 0.155. The number of para-hydroxylation sites is 1. The lowest BCUT2D eigenvalue weighted by atomic mass is 10.2. The van der Waals surface area contributed by atoms with Crippen molar-refractivity contribution in [3.8, 4) is 0 Å². The zero-order valence-corrected chi connectivity index (χ0v) is 8.74. The van der Waals surface area contributed by atoms with Gasteiger partial charge in [0.1, 0.15) is 11.6 Å². The van der Waals surface area contributed by atoms with Gasteiger partial charge < -0.3 is 15.5 Å². The Morgan fingerprint density at radius 2 is 2.12 bits per heavy atom. The topological polar surface area (TPSA) is 51.2 Å². The number of halogens is 1. The van der Waals surface area contributed by atoms with E-state index in [-0.39, 0.29) is 5.69 Å². The minimum Gasteiger partial charge on any atom is -0.469 e. The molecule has 84 valence electrons. The molecule has 1 heterocycles. The van der Waals surface area contributed by atoms with Crippen LogP contribution in [0, 0.1) is 5.82 Å². The highest BCUT2D eigenvalue weighted by molar-refractivity contribution is 5.66. The van der Waals surface area contributed by atoms with Gasteiger partial charge in [-0.25, -0.2) is 4.39 Å². The minimum atomic E-state index is -0.400. The van der Waals surface area contributed by atoms with E-state index in [2.05, 4.69) is 5.32 Å². The molecule has 0 radical (unpaired) electrons. The lowest BCUT2D eigenvalue weighted by Crippen LogP contribution is -2.07. The van der Waals surface area contributed by atoms with Gasteiger partial charge in [0, 0.05) is 13.0 Å². The second-order valence-electron chi connectivity index (χ2n) is 3.46. The summed E-state index contributed by atoms with van der Waals surface area (Å²) in [5, 5.41) is 3.07. The molecule has 0 atom stereocenters. The molecule has 3 N–H and O–H groups in total. The number of anilines is 2. The van der Waals surface area contributed by atoms with Gasteiger partial charge in [0.2, 0.25) is 0 Å². The van der Waals surface area contributed by atoms with Gasteiger partial charge in [-0.3, -0.25) is 0 Å². The molecule has 0 aliphatic carbocycles. The molecule has 2 rings (SSSR count). The normalized spacial score (nSPS) is 10.3. The van der Waals surface area contributed by atoms with Crippen LogP contribution in [0.15, 0.2) is 41.0 Å². The molecule has 1 aromatic carbocycles.